The number of carbonyl (C=O) groups excluding carboxylic acids is 2. The Balaban J connectivity index is 2.17. The van der Waals surface area contributed by atoms with Gasteiger partial charge in [0, 0.05) is 12.0 Å². The smallest absolute Gasteiger partial charge is 0.191 e. The first-order valence-corrected chi connectivity index (χ1v) is 6.35. The molecule has 0 saturated heterocycles. The van der Waals surface area contributed by atoms with Crippen LogP contribution < -0.4 is 4.74 Å². The van der Waals surface area contributed by atoms with Crippen LogP contribution in [0.3, 0.4) is 0 Å². The molecule has 4 nitrogen and oxygen atoms in total. The maximum Gasteiger partial charge on any atom is 0.191 e. The maximum absolute atomic E-state index is 12.1. The quantitative estimate of drug-likeness (QED) is 0.851. The average Bonchev–Trinajstić information content (AvgIpc) is 2.48. The number of carbonyl (C=O) groups is 2. The molecule has 0 unspecified atom stereocenters. The van der Waals surface area contributed by atoms with Crippen molar-refractivity contribution in [2.75, 3.05) is 7.11 Å². The summed E-state index contributed by atoms with van der Waals surface area (Å²) >= 11 is 0. The van der Waals surface area contributed by atoms with Crippen LogP contribution >= 0.6 is 0 Å². The minimum Gasteiger partial charge on any atom is -0.496 e. The van der Waals surface area contributed by atoms with Crippen LogP contribution in [0.1, 0.15) is 18.4 Å². The highest BCUT2D eigenvalue weighted by atomic mass is 16.5. The molecule has 0 spiro atoms. The summed E-state index contributed by atoms with van der Waals surface area (Å²) in [6.07, 6.45) is 5.76. The number of para-hydroxylation sites is 1. The summed E-state index contributed by atoms with van der Waals surface area (Å²) in [5.41, 5.74) is -0.824. The van der Waals surface area contributed by atoms with Crippen LogP contribution in [0.25, 0.3) is 6.08 Å². The summed E-state index contributed by atoms with van der Waals surface area (Å²) in [4.78, 5) is 23.2. The SMILES string of the molecule is COc1ccccc1/C=C/C(=O)[C@]1(O)C=CC(=O)CC1. The van der Waals surface area contributed by atoms with Crippen molar-refractivity contribution < 1.29 is 19.4 Å². The molecule has 1 atom stereocenters. The third-order valence-electron chi connectivity index (χ3n) is 3.28. The van der Waals surface area contributed by atoms with Gasteiger partial charge in [-0.25, -0.2) is 0 Å². The molecule has 0 heterocycles. The van der Waals surface area contributed by atoms with E-state index in [9.17, 15) is 14.7 Å². The summed E-state index contributed by atoms with van der Waals surface area (Å²) in [5.74, 6) is 0.140. The molecule has 1 aliphatic carbocycles. The van der Waals surface area contributed by atoms with E-state index in [0.29, 0.717) is 5.75 Å². The first-order chi connectivity index (χ1) is 9.55. The Morgan fingerprint density at radius 2 is 2.15 bits per heavy atom. The molecule has 1 aliphatic rings. The van der Waals surface area contributed by atoms with Crippen molar-refractivity contribution in [1.29, 1.82) is 0 Å². The number of rotatable bonds is 4. The average molecular weight is 272 g/mol. The molecule has 104 valence electrons. The Bertz CT molecular complexity index is 586. The second-order valence-corrected chi connectivity index (χ2v) is 4.66. The van der Waals surface area contributed by atoms with Gasteiger partial charge in [-0.1, -0.05) is 18.2 Å². The molecule has 0 aromatic heterocycles. The van der Waals surface area contributed by atoms with Gasteiger partial charge in [-0.15, -0.1) is 0 Å². The number of allylic oxidation sites excluding steroid dienone is 1. The topological polar surface area (TPSA) is 63.6 Å². The Hall–Kier alpha value is -2.20. The number of ketones is 2. The zero-order chi connectivity index (χ0) is 14.6. The van der Waals surface area contributed by atoms with Crippen LogP contribution in [0.15, 0.2) is 42.5 Å². The predicted molar refractivity (Wildman–Crippen MR) is 75.4 cm³/mol. The Morgan fingerprint density at radius 1 is 1.40 bits per heavy atom. The molecule has 1 N–H and O–H groups in total. The number of ether oxygens (including phenoxy) is 1. The highest BCUT2D eigenvalue weighted by Crippen LogP contribution is 2.23. The van der Waals surface area contributed by atoms with E-state index in [0.717, 1.165) is 5.56 Å². The number of aliphatic hydroxyl groups is 1. The number of hydrogen-bond acceptors (Lipinski definition) is 4. The molecule has 0 saturated carbocycles. The Kier molecular flexibility index (Phi) is 4.15. The molecule has 20 heavy (non-hydrogen) atoms. The van der Waals surface area contributed by atoms with Crippen molar-refractivity contribution in [1.82, 2.24) is 0 Å². The van der Waals surface area contributed by atoms with Crippen LogP contribution in [-0.2, 0) is 9.59 Å². The molecule has 0 radical (unpaired) electrons. The van der Waals surface area contributed by atoms with Crippen molar-refractivity contribution >= 4 is 17.6 Å². The highest BCUT2D eigenvalue weighted by molar-refractivity contribution is 6.04. The van der Waals surface area contributed by atoms with E-state index in [4.69, 9.17) is 4.74 Å². The van der Waals surface area contributed by atoms with Gasteiger partial charge in [0.1, 0.15) is 11.4 Å². The van der Waals surface area contributed by atoms with Gasteiger partial charge in [0.2, 0.25) is 0 Å². The third kappa shape index (κ3) is 3.03. The van der Waals surface area contributed by atoms with Gasteiger partial charge < -0.3 is 9.84 Å². The fourth-order valence-corrected chi connectivity index (χ4v) is 2.03. The van der Waals surface area contributed by atoms with Gasteiger partial charge in [0.15, 0.2) is 11.6 Å². The summed E-state index contributed by atoms with van der Waals surface area (Å²) in [5, 5.41) is 10.2. The molecule has 1 aromatic rings. The van der Waals surface area contributed by atoms with Gasteiger partial charge in [-0.3, -0.25) is 9.59 Å². The monoisotopic (exact) mass is 272 g/mol. The van der Waals surface area contributed by atoms with E-state index in [1.54, 1.807) is 19.3 Å². The van der Waals surface area contributed by atoms with Crippen molar-refractivity contribution in [3.05, 3.63) is 48.1 Å². The number of methoxy groups -OCH3 is 1. The van der Waals surface area contributed by atoms with Gasteiger partial charge >= 0.3 is 0 Å². The fraction of sp³-hybridized carbons (Fsp3) is 0.250. The molecular weight excluding hydrogens is 256 g/mol. The number of hydrogen-bond donors (Lipinski definition) is 1. The van der Waals surface area contributed by atoms with Gasteiger partial charge in [0.25, 0.3) is 0 Å². The lowest BCUT2D eigenvalue weighted by atomic mass is 9.86. The van der Waals surface area contributed by atoms with Gasteiger partial charge in [-0.2, -0.15) is 0 Å². The minimum atomic E-state index is -1.58. The molecular formula is C16H16O4. The van der Waals surface area contributed by atoms with E-state index in [2.05, 4.69) is 0 Å². The molecule has 0 aliphatic heterocycles. The second-order valence-electron chi connectivity index (χ2n) is 4.66. The van der Waals surface area contributed by atoms with E-state index in [1.807, 2.05) is 18.2 Å². The van der Waals surface area contributed by atoms with E-state index in [1.165, 1.54) is 18.2 Å². The summed E-state index contributed by atoms with van der Waals surface area (Å²) in [6.45, 7) is 0. The van der Waals surface area contributed by atoms with Crippen LogP contribution in [0.4, 0.5) is 0 Å². The standard InChI is InChI=1S/C16H16O4/c1-20-14-5-3-2-4-12(14)6-7-15(18)16(19)10-8-13(17)9-11-16/h2-8,10,19H,9,11H2,1H3/b7-6+/t16-/m0/s1. The third-order valence-corrected chi connectivity index (χ3v) is 3.28. The Morgan fingerprint density at radius 3 is 2.80 bits per heavy atom. The second kappa shape index (κ2) is 5.84. The lowest BCUT2D eigenvalue weighted by Gasteiger charge is -2.23. The molecule has 0 bridgehead atoms. The van der Waals surface area contributed by atoms with Gasteiger partial charge in [0.05, 0.1) is 7.11 Å². The lowest BCUT2D eigenvalue weighted by molar-refractivity contribution is -0.129. The maximum atomic E-state index is 12.1. The molecule has 1 aromatic carbocycles. The summed E-state index contributed by atoms with van der Waals surface area (Å²) in [7, 11) is 1.55. The van der Waals surface area contributed by atoms with Crippen LogP contribution in [0.2, 0.25) is 0 Å². The molecule has 0 fully saturated rings. The number of benzene rings is 1. The van der Waals surface area contributed by atoms with Crippen molar-refractivity contribution in [3.8, 4) is 5.75 Å². The van der Waals surface area contributed by atoms with E-state index >= 15 is 0 Å². The van der Waals surface area contributed by atoms with E-state index in [-0.39, 0.29) is 18.6 Å². The normalized spacial score (nSPS) is 22.2. The predicted octanol–water partition coefficient (Wildman–Crippen LogP) is 1.93. The van der Waals surface area contributed by atoms with Crippen molar-refractivity contribution in [2.24, 2.45) is 0 Å². The zero-order valence-corrected chi connectivity index (χ0v) is 11.2. The van der Waals surface area contributed by atoms with Crippen LogP contribution in [0, 0.1) is 0 Å². The minimum absolute atomic E-state index is 0.0730. The van der Waals surface area contributed by atoms with Crippen LogP contribution in [-0.4, -0.2) is 29.4 Å². The van der Waals surface area contributed by atoms with Crippen molar-refractivity contribution in [3.63, 3.8) is 0 Å². The largest absolute Gasteiger partial charge is 0.496 e. The molecule has 4 heteroatoms. The zero-order valence-electron chi connectivity index (χ0n) is 11.2. The highest BCUT2D eigenvalue weighted by Gasteiger charge is 2.33. The lowest BCUT2D eigenvalue weighted by Crippen LogP contribution is -2.37. The van der Waals surface area contributed by atoms with Crippen molar-refractivity contribution in [2.45, 2.75) is 18.4 Å². The van der Waals surface area contributed by atoms with E-state index < -0.39 is 11.4 Å². The fourth-order valence-electron chi connectivity index (χ4n) is 2.03. The first-order valence-electron chi connectivity index (χ1n) is 6.35. The van der Waals surface area contributed by atoms with Gasteiger partial charge in [-0.05, 0) is 36.8 Å². The van der Waals surface area contributed by atoms with Crippen LogP contribution in [0.5, 0.6) is 5.75 Å². The summed E-state index contributed by atoms with van der Waals surface area (Å²) < 4.78 is 5.18. The molecule has 2 rings (SSSR count). The Labute approximate surface area is 117 Å². The summed E-state index contributed by atoms with van der Waals surface area (Å²) in [6, 6.07) is 7.27. The molecule has 0 amide bonds. The first kappa shape index (κ1) is 14.2.